The van der Waals surface area contributed by atoms with Gasteiger partial charge in [0, 0.05) is 35.3 Å². The number of benzene rings is 3. The molecule has 0 spiro atoms. The Morgan fingerprint density at radius 1 is 1.05 bits per heavy atom. The van der Waals surface area contributed by atoms with E-state index in [1.54, 1.807) is 24.1 Å². The van der Waals surface area contributed by atoms with Crippen LogP contribution in [0.5, 0.6) is 5.75 Å². The van der Waals surface area contributed by atoms with E-state index in [1.165, 1.54) is 17.8 Å². The quantitative estimate of drug-likeness (QED) is 0.274. The number of carbonyl (C=O) groups is 2. The zero-order chi connectivity index (χ0) is 27.6. The van der Waals surface area contributed by atoms with Crippen LogP contribution in [-0.4, -0.2) is 41.7 Å². The van der Waals surface area contributed by atoms with Gasteiger partial charge in [-0.2, -0.15) is 0 Å². The molecule has 0 radical (unpaired) electrons. The molecule has 0 saturated heterocycles. The summed E-state index contributed by atoms with van der Waals surface area (Å²) in [6, 6.07) is 21.2. The fourth-order valence-corrected chi connectivity index (χ4v) is 6.13. The molecule has 3 aromatic carbocycles. The first-order valence-electron chi connectivity index (χ1n) is 13.2. The molecule has 1 aliphatic rings. The van der Waals surface area contributed by atoms with Crippen LogP contribution in [0.15, 0.2) is 72.8 Å². The maximum atomic E-state index is 14.3. The summed E-state index contributed by atoms with van der Waals surface area (Å²) in [6.45, 7) is 0.243. The number of carbonyl (C=O) groups excluding carboxylic acids is 2. The molecule has 0 bridgehead atoms. The molecule has 3 aromatic rings. The third-order valence-electron chi connectivity index (χ3n) is 6.99. The zero-order valence-electron chi connectivity index (χ0n) is 22.1. The summed E-state index contributed by atoms with van der Waals surface area (Å²) >= 11 is 7.48. The summed E-state index contributed by atoms with van der Waals surface area (Å²) < 4.78 is 19.7. The van der Waals surface area contributed by atoms with Crippen LogP contribution >= 0.6 is 23.4 Å². The third-order valence-corrected chi connectivity index (χ3v) is 8.29. The number of nitrogens with one attached hydrogen (secondary N) is 1. The van der Waals surface area contributed by atoms with Gasteiger partial charge in [-0.3, -0.25) is 9.59 Å². The van der Waals surface area contributed by atoms with Crippen molar-refractivity contribution in [2.24, 2.45) is 0 Å². The Kier molecular flexibility index (Phi) is 10.7. The van der Waals surface area contributed by atoms with Crippen molar-refractivity contribution in [3.8, 4) is 5.75 Å². The van der Waals surface area contributed by atoms with E-state index in [2.05, 4.69) is 5.32 Å². The monoisotopic (exact) mass is 568 g/mol. The van der Waals surface area contributed by atoms with E-state index in [4.69, 9.17) is 16.3 Å². The predicted octanol–water partition coefficient (Wildman–Crippen LogP) is 6.42. The Hall–Kier alpha value is -3.03. The Morgan fingerprint density at radius 3 is 2.49 bits per heavy atom. The summed E-state index contributed by atoms with van der Waals surface area (Å²) in [5, 5.41) is 3.54. The van der Waals surface area contributed by atoms with Crippen molar-refractivity contribution in [2.45, 2.75) is 56.5 Å². The maximum Gasteiger partial charge on any atom is 0.243 e. The number of nitrogens with zero attached hydrogens (tertiary/aromatic N) is 1. The molecule has 5 nitrogen and oxygen atoms in total. The highest BCUT2D eigenvalue weighted by molar-refractivity contribution is 7.99. The van der Waals surface area contributed by atoms with Crippen LogP contribution in [0.2, 0.25) is 5.02 Å². The minimum atomic E-state index is -0.704. The molecular formula is C31H34ClFN2O3S. The summed E-state index contributed by atoms with van der Waals surface area (Å²) in [6.07, 6.45) is 4.48. The van der Waals surface area contributed by atoms with Crippen LogP contribution in [0.25, 0.3) is 0 Å². The molecule has 1 aliphatic carbocycles. The SMILES string of the molecule is COc1cccc(CN(C(=O)CSCc2c(F)cccc2Cl)C(Cc2ccccc2)C(=O)NC2CCCC2)c1. The first kappa shape index (κ1) is 29.0. The van der Waals surface area contributed by atoms with Crippen LogP contribution in [0.4, 0.5) is 4.39 Å². The molecule has 1 atom stereocenters. The molecule has 0 aromatic heterocycles. The van der Waals surface area contributed by atoms with Gasteiger partial charge in [0.1, 0.15) is 17.6 Å². The van der Waals surface area contributed by atoms with Crippen LogP contribution < -0.4 is 10.1 Å². The highest BCUT2D eigenvalue weighted by Crippen LogP contribution is 2.26. The number of rotatable bonds is 12. The van der Waals surface area contributed by atoms with Gasteiger partial charge in [0.05, 0.1) is 12.9 Å². The topological polar surface area (TPSA) is 58.6 Å². The first-order valence-corrected chi connectivity index (χ1v) is 14.7. The molecule has 206 valence electrons. The van der Waals surface area contributed by atoms with Gasteiger partial charge in [-0.15, -0.1) is 11.8 Å². The van der Waals surface area contributed by atoms with E-state index in [0.717, 1.165) is 36.8 Å². The lowest BCUT2D eigenvalue weighted by Gasteiger charge is -2.32. The number of amides is 2. The second-order valence-electron chi connectivity index (χ2n) is 9.76. The molecule has 4 rings (SSSR count). The summed E-state index contributed by atoms with van der Waals surface area (Å²) in [5.74, 6) is 0.271. The summed E-state index contributed by atoms with van der Waals surface area (Å²) in [5.41, 5.74) is 2.20. The second-order valence-corrected chi connectivity index (χ2v) is 11.2. The molecule has 1 fully saturated rings. The second kappa shape index (κ2) is 14.4. The van der Waals surface area contributed by atoms with Crippen molar-refractivity contribution in [2.75, 3.05) is 12.9 Å². The van der Waals surface area contributed by atoms with Gasteiger partial charge in [-0.05, 0) is 48.2 Å². The van der Waals surface area contributed by atoms with Crippen molar-refractivity contribution in [3.63, 3.8) is 0 Å². The Balaban J connectivity index is 1.59. The standard InChI is InChI=1S/C31H34ClFN2O3S/c1-38-25-14-7-11-23(17-25)19-35(30(36)21-39-20-26-27(32)15-8-16-28(26)33)29(18-22-9-3-2-4-10-22)31(37)34-24-12-5-6-13-24/h2-4,7-11,14-17,24,29H,5-6,12-13,18-21H2,1H3,(H,34,37). The average molecular weight is 569 g/mol. The fourth-order valence-electron chi connectivity index (χ4n) is 4.88. The maximum absolute atomic E-state index is 14.3. The van der Waals surface area contributed by atoms with E-state index < -0.39 is 11.9 Å². The third kappa shape index (κ3) is 8.23. The predicted molar refractivity (Wildman–Crippen MR) is 155 cm³/mol. The highest BCUT2D eigenvalue weighted by atomic mass is 35.5. The Bertz CT molecular complexity index is 1230. The van der Waals surface area contributed by atoms with E-state index in [9.17, 15) is 14.0 Å². The average Bonchev–Trinajstić information content (AvgIpc) is 3.46. The molecule has 1 saturated carbocycles. The number of halogens is 2. The summed E-state index contributed by atoms with van der Waals surface area (Å²) in [4.78, 5) is 29.2. The van der Waals surface area contributed by atoms with Crippen molar-refractivity contribution in [1.29, 1.82) is 0 Å². The first-order chi connectivity index (χ1) is 18.9. The molecule has 1 unspecified atom stereocenters. The van der Waals surface area contributed by atoms with Gasteiger partial charge in [-0.25, -0.2) is 4.39 Å². The number of thioether (sulfide) groups is 1. The Morgan fingerprint density at radius 2 is 1.77 bits per heavy atom. The molecular weight excluding hydrogens is 535 g/mol. The normalized spacial score (nSPS) is 14.1. The van der Waals surface area contributed by atoms with E-state index in [1.807, 2.05) is 54.6 Å². The number of hydrogen-bond acceptors (Lipinski definition) is 4. The van der Waals surface area contributed by atoms with Gasteiger partial charge in [0.15, 0.2) is 0 Å². The van der Waals surface area contributed by atoms with E-state index in [-0.39, 0.29) is 35.9 Å². The molecule has 8 heteroatoms. The number of ether oxygens (including phenoxy) is 1. The van der Waals surface area contributed by atoms with Crippen molar-refractivity contribution in [3.05, 3.63) is 100 Å². The van der Waals surface area contributed by atoms with Gasteiger partial charge in [-0.1, -0.05) is 73.0 Å². The van der Waals surface area contributed by atoms with Gasteiger partial charge in [0.25, 0.3) is 0 Å². The van der Waals surface area contributed by atoms with E-state index >= 15 is 0 Å². The van der Waals surface area contributed by atoms with Crippen LogP contribution in [0, 0.1) is 5.82 Å². The van der Waals surface area contributed by atoms with Crippen LogP contribution in [0.3, 0.4) is 0 Å². The number of hydrogen-bond donors (Lipinski definition) is 1. The van der Waals surface area contributed by atoms with Crippen molar-refractivity contribution >= 4 is 35.2 Å². The lowest BCUT2D eigenvalue weighted by Crippen LogP contribution is -2.52. The van der Waals surface area contributed by atoms with Crippen molar-refractivity contribution < 1.29 is 18.7 Å². The van der Waals surface area contributed by atoms with Crippen molar-refractivity contribution in [1.82, 2.24) is 10.2 Å². The van der Waals surface area contributed by atoms with E-state index in [0.29, 0.717) is 22.8 Å². The molecule has 0 aliphatic heterocycles. The number of methoxy groups -OCH3 is 1. The van der Waals surface area contributed by atoms with Crippen LogP contribution in [0.1, 0.15) is 42.4 Å². The molecule has 1 N–H and O–H groups in total. The Labute approximate surface area is 239 Å². The van der Waals surface area contributed by atoms with Gasteiger partial charge < -0.3 is 15.0 Å². The van der Waals surface area contributed by atoms with Gasteiger partial charge in [0.2, 0.25) is 11.8 Å². The molecule has 2 amide bonds. The smallest absolute Gasteiger partial charge is 0.243 e. The highest BCUT2D eigenvalue weighted by Gasteiger charge is 2.32. The minimum absolute atomic E-state index is 0.0800. The lowest BCUT2D eigenvalue weighted by molar-refractivity contribution is -0.139. The minimum Gasteiger partial charge on any atom is -0.497 e. The molecule has 39 heavy (non-hydrogen) atoms. The summed E-state index contributed by atoms with van der Waals surface area (Å²) in [7, 11) is 1.60. The molecule has 0 heterocycles. The fraction of sp³-hybridized carbons (Fsp3) is 0.355. The lowest BCUT2D eigenvalue weighted by atomic mass is 10.0. The largest absolute Gasteiger partial charge is 0.497 e. The zero-order valence-corrected chi connectivity index (χ0v) is 23.6. The van der Waals surface area contributed by atoms with Crippen LogP contribution in [-0.2, 0) is 28.3 Å². The van der Waals surface area contributed by atoms with Gasteiger partial charge >= 0.3 is 0 Å².